The fourth-order valence-electron chi connectivity index (χ4n) is 4.36. The number of rotatable bonds is 10. The number of aromatic nitrogens is 6. The van der Waals surface area contributed by atoms with Crippen molar-refractivity contribution < 1.29 is 14.7 Å². The number of anilines is 1. The number of aryl methyl sites for hydroxylation is 1. The van der Waals surface area contributed by atoms with Gasteiger partial charge in [-0.2, -0.15) is 10.3 Å². The van der Waals surface area contributed by atoms with Crippen LogP contribution in [-0.4, -0.2) is 47.4 Å². The standard InChI is InChI=1S/C29H27N7O3/c1-2-3-9-23-17-26(28(37)30-22-8-6-7-21(16-22)29(38)39)33-36(23)18-19-12-14-20(15-13-19)24-10-4-5-11-25(24)27-31-34-35-32-27/h4-8,10-17H,2-3,9,18H2,1H3,(H,30,37)(H,38,39)(H,31,32,34,35). The largest absolute Gasteiger partial charge is 0.478 e. The first-order chi connectivity index (χ1) is 19.0. The SMILES string of the molecule is CCCCc1cc(C(=O)Nc2cccc(C(=O)O)c2)nn1Cc1ccc(-c2ccccc2-c2nn[nH]n2)cc1. The van der Waals surface area contributed by atoms with Gasteiger partial charge in [-0.05, 0) is 59.0 Å². The molecule has 0 unspecified atom stereocenters. The van der Waals surface area contributed by atoms with E-state index in [9.17, 15) is 14.7 Å². The molecule has 196 valence electrons. The van der Waals surface area contributed by atoms with Crippen LogP contribution in [0, 0.1) is 0 Å². The van der Waals surface area contributed by atoms with Gasteiger partial charge in [0.25, 0.3) is 5.91 Å². The second kappa shape index (κ2) is 11.5. The number of benzene rings is 3. The predicted octanol–water partition coefficient (Wildman–Crippen LogP) is 5.07. The maximum Gasteiger partial charge on any atom is 0.335 e. The van der Waals surface area contributed by atoms with Crippen molar-refractivity contribution in [3.63, 3.8) is 0 Å². The number of carbonyl (C=O) groups is 2. The molecule has 0 saturated heterocycles. The van der Waals surface area contributed by atoms with Crippen molar-refractivity contribution in [2.24, 2.45) is 0 Å². The van der Waals surface area contributed by atoms with Crippen LogP contribution >= 0.6 is 0 Å². The second-order valence-electron chi connectivity index (χ2n) is 9.10. The third-order valence-electron chi connectivity index (χ3n) is 6.36. The Morgan fingerprint density at radius 1 is 0.974 bits per heavy atom. The number of carboxylic acid groups (broad SMARTS) is 1. The van der Waals surface area contributed by atoms with Crippen molar-refractivity contribution in [1.82, 2.24) is 30.4 Å². The van der Waals surface area contributed by atoms with Crippen LogP contribution in [0.25, 0.3) is 22.5 Å². The monoisotopic (exact) mass is 521 g/mol. The zero-order valence-electron chi connectivity index (χ0n) is 21.3. The minimum atomic E-state index is -1.05. The molecule has 1 amide bonds. The Kier molecular flexibility index (Phi) is 7.53. The molecule has 0 aliphatic carbocycles. The van der Waals surface area contributed by atoms with E-state index in [-0.39, 0.29) is 17.2 Å². The van der Waals surface area contributed by atoms with E-state index >= 15 is 0 Å². The maximum absolute atomic E-state index is 13.0. The summed E-state index contributed by atoms with van der Waals surface area (Å²) in [6.07, 6.45) is 2.78. The van der Waals surface area contributed by atoms with Gasteiger partial charge >= 0.3 is 5.97 Å². The maximum atomic E-state index is 13.0. The molecule has 2 heterocycles. The van der Waals surface area contributed by atoms with Crippen molar-refractivity contribution in [3.05, 3.63) is 101 Å². The highest BCUT2D eigenvalue weighted by Gasteiger charge is 2.16. The molecule has 0 bridgehead atoms. The van der Waals surface area contributed by atoms with E-state index < -0.39 is 5.97 Å². The van der Waals surface area contributed by atoms with Crippen LogP contribution in [0.5, 0.6) is 0 Å². The number of H-pyrrole nitrogens is 1. The van der Waals surface area contributed by atoms with Crippen molar-refractivity contribution in [2.75, 3.05) is 5.32 Å². The summed E-state index contributed by atoms with van der Waals surface area (Å²) < 4.78 is 1.86. The Morgan fingerprint density at radius 3 is 2.49 bits per heavy atom. The molecule has 0 aliphatic heterocycles. The van der Waals surface area contributed by atoms with Gasteiger partial charge in [-0.15, -0.1) is 10.2 Å². The zero-order valence-corrected chi connectivity index (χ0v) is 21.3. The van der Waals surface area contributed by atoms with Gasteiger partial charge in [0.1, 0.15) is 0 Å². The fraction of sp³-hybridized carbons (Fsp3) is 0.172. The lowest BCUT2D eigenvalue weighted by Crippen LogP contribution is -2.14. The molecule has 5 aromatic rings. The zero-order chi connectivity index (χ0) is 27.2. The summed E-state index contributed by atoms with van der Waals surface area (Å²) in [6, 6.07) is 24.0. The first kappa shape index (κ1) is 25.5. The van der Waals surface area contributed by atoms with E-state index in [1.54, 1.807) is 12.1 Å². The van der Waals surface area contributed by atoms with Gasteiger partial charge in [-0.25, -0.2) is 4.79 Å². The summed E-state index contributed by atoms with van der Waals surface area (Å²) in [6.45, 7) is 2.63. The van der Waals surface area contributed by atoms with Gasteiger partial charge in [-0.3, -0.25) is 9.48 Å². The summed E-state index contributed by atoms with van der Waals surface area (Å²) in [7, 11) is 0. The number of carboxylic acids is 1. The molecule has 0 spiro atoms. The number of tetrazole rings is 1. The number of aromatic carboxylic acids is 1. The van der Waals surface area contributed by atoms with Crippen LogP contribution in [-0.2, 0) is 13.0 Å². The summed E-state index contributed by atoms with van der Waals surface area (Å²) in [5.41, 5.74) is 5.70. The van der Waals surface area contributed by atoms with Crippen LogP contribution in [0.4, 0.5) is 5.69 Å². The molecule has 0 saturated carbocycles. The Hall–Kier alpha value is -5.12. The molecule has 5 rings (SSSR count). The van der Waals surface area contributed by atoms with Gasteiger partial charge in [0.15, 0.2) is 5.69 Å². The Balaban J connectivity index is 1.36. The molecule has 0 radical (unpaired) electrons. The number of nitrogens with zero attached hydrogens (tertiary/aromatic N) is 5. The first-order valence-corrected chi connectivity index (χ1v) is 12.7. The van der Waals surface area contributed by atoms with Crippen LogP contribution in [0.1, 0.15) is 51.9 Å². The van der Waals surface area contributed by atoms with E-state index in [2.05, 4.69) is 38.0 Å². The van der Waals surface area contributed by atoms with Crippen LogP contribution in [0.2, 0.25) is 0 Å². The first-order valence-electron chi connectivity index (χ1n) is 12.7. The summed E-state index contributed by atoms with van der Waals surface area (Å²) in [5, 5.41) is 31.0. The van der Waals surface area contributed by atoms with Crippen LogP contribution in [0.15, 0.2) is 78.9 Å². The van der Waals surface area contributed by atoms with Gasteiger partial charge in [0.05, 0.1) is 12.1 Å². The number of amides is 1. The Labute approximate surface area is 224 Å². The molecule has 0 atom stereocenters. The highest BCUT2D eigenvalue weighted by molar-refractivity contribution is 6.03. The van der Waals surface area contributed by atoms with Crippen molar-refractivity contribution in [3.8, 4) is 22.5 Å². The Morgan fingerprint density at radius 2 is 1.77 bits per heavy atom. The smallest absolute Gasteiger partial charge is 0.335 e. The van der Waals surface area contributed by atoms with Crippen LogP contribution in [0.3, 0.4) is 0 Å². The molecule has 3 N–H and O–H groups in total. The molecule has 2 aromatic heterocycles. The number of hydrogen-bond donors (Lipinski definition) is 3. The topological polar surface area (TPSA) is 139 Å². The molecule has 0 fully saturated rings. The molecule has 39 heavy (non-hydrogen) atoms. The van der Waals surface area contributed by atoms with E-state index in [1.807, 2.05) is 59.3 Å². The number of nitrogens with one attached hydrogen (secondary N) is 2. The molecule has 10 nitrogen and oxygen atoms in total. The summed E-state index contributed by atoms with van der Waals surface area (Å²) in [4.78, 5) is 24.2. The highest BCUT2D eigenvalue weighted by atomic mass is 16.4. The third-order valence-corrected chi connectivity index (χ3v) is 6.36. The van der Waals surface area contributed by atoms with Crippen molar-refractivity contribution in [1.29, 1.82) is 0 Å². The van der Waals surface area contributed by atoms with Gasteiger partial charge in [-0.1, -0.05) is 67.9 Å². The van der Waals surface area contributed by atoms with E-state index in [0.29, 0.717) is 18.1 Å². The van der Waals surface area contributed by atoms with Crippen molar-refractivity contribution >= 4 is 17.6 Å². The van der Waals surface area contributed by atoms with Crippen LogP contribution < -0.4 is 5.32 Å². The second-order valence-corrected chi connectivity index (χ2v) is 9.10. The van der Waals surface area contributed by atoms with Gasteiger partial charge in [0.2, 0.25) is 5.82 Å². The minimum Gasteiger partial charge on any atom is -0.478 e. The number of carbonyl (C=O) groups excluding carboxylic acids is 1. The van der Waals surface area contributed by atoms with E-state index in [1.165, 1.54) is 12.1 Å². The molecule has 10 heteroatoms. The highest BCUT2D eigenvalue weighted by Crippen LogP contribution is 2.30. The molecule has 3 aromatic carbocycles. The minimum absolute atomic E-state index is 0.102. The number of aromatic amines is 1. The predicted molar refractivity (Wildman–Crippen MR) is 146 cm³/mol. The number of unbranched alkanes of at least 4 members (excludes halogenated alkanes) is 1. The van der Waals surface area contributed by atoms with Gasteiger partial charge < -0.3 is 10.4 Å². The van der Waals surface area contributed by atoms with Crippen molar-refractivity contribution in [2.45, 2.75) is 32.7 Å². The normalized spacial score (nSPS) is 10.9. The lowest BCUT2D eigenvalue weighted by Gasteiger charge is -2.10. The van der Waals surface area contributed by atoms with E-state index in [4.69, 9.17) is 0 Å². The quantitative estimate of drug-likeness (QED) is 0.233. The number of hydrogen-bond acceptors (Lipinski definition) is 6. The Bertz CT molecular complexity index is 1590. The lowest BCUT2D eigenvalue weighted by molar-refractivity contribution is 0.0696. The molecular weight excluding hydrogens is 494 g/mol. The average Bonchev–Trinajstić information content (AvgIpc) is 3.63. The van der Waals surface area contributed by atoms with Gasteiger partial charge in [0, 0.05) is 16.9 Å². The summed E-state index contributed by atoms with van der Waals surface area (Å²) >= 11 is 0. The van der Waals surface area contributed by atoms with E-state index in [0.717, 1.165) is 47.2 Å². The molecule has 0 aliphatic rings. The summed E-state index contributed by atoms with van der Waals surface area (Å²) in [5.74, 6) is -0.906. The third kappa shape index (κ3) is 5.90. The average molecular weight is 522 g/mol. The lowest BCUT2D eigenvalue weighted by atomic mass is 9.98. The molecular formula is C29H27N7O3. The fourth-order valence-corrected chi connectivity index (χ4v) is 4.36.